The highest BCUT2D eigenvalue weighted by molar-refractivity contribution is 7.47. The fraction of sp³-hybridized carbons (Fsp3) is 0.935. The van der Waals surface area contributed by atoms with Gasteiger partial charge in [-0.1, -0.05) is 248 Å². The van der Waals surface area contributed by atoms with E-state index < -0.39 is 97.5 Å². The molecule has 0 aliphatic heterocycles. The minimum absolute atomic E-state index is 0.101. The monoisotopic (exact) mass is 1200 g/mol. The first-order valence-electron chi connectivity index (χ1n) is 32.5. The fourth-order valence-electron chi connectivity index (χ4n) is 9.03. The molecule has 0 aromatic heterocycles. The molecular weight excluding hydrogens is 1080 g/mol. The predicted octanol–water partition coefficient (Wildman–Crippen LogP) is 16.7. The minimum Gasteiger partial charge on any atom is -0.462 e. The van der Waals surface area contributed by atoms with Gasteiger partial charge in [-0.25, -0.2) is 9.13 Å². The maximum absolute atomic E-state index is 13.0. The van der Waals surface area contributed by atoms with Crippen molar-refractivity contribution in [1.29, 1.82) is 0 Å². The number of aliphatic hydroxyl groups is 1. The summed E-state index contributed by atoms with van der Waals surface area (Å²) in [5.41, 5.74) is 0. The average molecular weight is 1200 g/mol. The molecule has 0 saturated heterocycles. The van der Waals surface area contributed by atoms with Gasteiger partial charge in [-0.2, -0.15) is 0 Å². The molecule has 0 radical (unpaired) electrons. The lowest BCUT2D eigenvalue weighted by Gasteiger charge is -2.21. The molecule has 0 aromatic rings. The van der Waals surface area contributed by atoms with Gasteiger partial charge in [-0.15, -0.1) is 0 Å². The first-order chi connectivity index (χ1) is 38.8. The zero-order valence-corrected chi connectivity index (χ0v) is 54.0. The van der Waals surface area contributed by atoms with Crippen molar-refractivity contribution in [3.05, 3.63) is 0 Å². The number of hydrogen-bond donors (Lipinski definition) is 3. The van der Waals surface area contributed by atoms with Gasteiger partial charge < -0.3 is 33.8 Å². The molecule has 0 aliphatic carbocycles. The van der Waals surface area contributed by atoms with Gasteiger partial charge in [0.15, 0.2) is 12.2 Å². The molecule has 3 N–H and O–H groups in total. The van der Waals surface area contributed by atoms with Crippen molar-refractivity contribution in [2.24, 2.45) is 17.8 Å². The van der Waals surface area contributed by atoms with Crippen molar-refractivity contribution >= 4 is 39.5 Å². The molecule has 0 bridgehead atoms. The number of phosphoric ester groups is 2. The number of hydrogen-bond acceptors (Lipinski definition) is 15. The third-order valence-electron chi connectivity index (χ3n) is 15.2. The maximum Gasteiger partial charge on any atom is 0.472 e. The van der Waals surface area contributed by atoms with Crippen LogP contribution in [0.3, 0.4) is 0 Å². The van der Waals surface area contributed by atoms with E-state index in [2.05, 4.69) is 48.5 Å². The zero-order valence-electron chi connectivity index (χ0n) is 52.2. The molecule has 0 spiro atoms. The topological polar surface area (TPSA) is 237 Å². The maximum atomic E-state index is 13.0. The van der Waals surface area contributed by atoms with Crippen LogP contribution in [-0.4, -0.2) is 96.7 Å². The van der Waals surface area contributed by atoms with Crippen LogP contribution < -0.4 is 0 Å². The van der Waals surface area contributed by atoms with E-state index in [-0.39, 0.29) is 25.7 Å². The molecule has 0 rings (SSSR count). The number of phosphoric acid groups is 2. The Morgan fingerprint density at radius 1 is 0.346 bits per heavy atom. The van der Waals surface area contributed by atoms with Crippen LogP contribution in [0.5, 0.6) is 0 Å². The summed E-state index contributed by atoms with van der Waals surface area (Å²) in [5, 5.41) is 10.5. The Bertz CT molecular complexity index is 1620. The average Bonchev–Trinajstić information content (AvgIpc) is 3.44. The Balaban J connectivity index is 5.21. The van der Waals surface area contributed by atoms with E-state index in [0.29, 0.717) is 25.7 Å². The van der Waals surface area contributed by atoms with E-state index in [1.165, 1.54) is 103 Å². The van der Waals surface area contributed by atoms with Crippen molar-refractivity contribution in [2.45, 2.75) is 317 Å². The number of carbonyl (C=O) groups is 4. The third kappa shape index (κ3) is 53.3. The Morgan fingerprint density at radius 3 is 0.877 bits per heavy atom. The van der Waals surface area contributed by atoms with E-state index in [1.807, 2.05) is 0 Å². The molecule has 0 saturated carbocycles. The number of ether oxygens (including phenoxy) is 4. The normalized spacial score (nSPS) is 15.4. The largest absolute Gasteiger partial charge is 0.472 e. The highest BCUT2D eigenvalue weighted by Crippen LogP contribution is 2.45. The van der Waals surface area contributed by atoms with Gasteiger partial charge in [0.2, 0.25) is 0 Å². The second kappa shape index (κ2) is 53.5. The van der Waals surface area contributed by atoms with Gasteiger partial charge in [0.25, 0.3) is 0 Å². The van der Waals surface area contributed by atoms with E-state index in [4.69, 9.17) is 37.0 Å². The lowest BCUT2D eigenvalue weighted by Crippen LogP contribution is -2.30. The minimum atomic E-state index is -4.94. The molecule has 5 unspecified atom stereocenters. The van der Waals surface area contributed by atoms with E-state index in [0.717, 1.165) is 114 Å². The molecule has 0 aliphatic rings. The van der Waals surface area contributed by atoms with Crippen molar-refractivity contribution in [1.82, 2.24) is 0 Å². The first kappa shape index (κ1) is 79.1. The molecule has 0 amide bonds. The standard InChI is InChI=1S/C62H120O17P2/c1-8-12-13-26-36-43-59(64)72-49-57(79-62(67)46-39-32-25-24-29-35-42-55(7)11-4)51-76-80(68,69)74-47-56(63)48-75-81(70,71)77-52-58(50-73-60(65)44-37-30-22-19-18-21-28-34-41-54(6)10-3)78-61(66)45-38-31-23-17-15-14-16-20-27-33-40-53(5)9-2/h53-58,63H,8-52H2,1-7H3,(H,68,69)(H,70,71)/t53?,54?,55?,56-,57+,58+/m0/s1. The highest BCUT2D eigenvalue weighted by Gasteiger charge is 2.30. The lowest BCUT2D eigenvalue weighted by atomic mass is 9.99. The molecule has 17 nitrogen and oxygen atoms in total. The van der Waals surface area contributed by atoms with E-state index in [1.54, 1.807) is 0 Å². The molecule has 480 valence electrons. The van der Waals surface area contributed by atoms with Crippen LogP contribution in [0.25, 0.3) is 0 Å². The molecular formula is C62H120O17P2. The predicted molar refractivity (Wildman–Crippen MR) is 321 cm³/mol. The van der Waals surface area contributed by atoms with Gasteiger partial charge in [-0.05, 0) is 43.4 Å². The summed E-state index contributed by atoms with van der Waals surface area (Å²) in [6, 6.07) is 0. The number of rotatable bonds is 60. The smallest absolute Gasteiger partial charge is 0.462 e. The molecule has 0 fully saturated rings. The molecule has 81 heavy (non-hydrogen) atoms. The van der Waals surface area contributed by atoms with Crippen molar-refractivity contribution in [3.63, 3.8) is 0 Å². The summed E-state index contributed by atoms with van der Waals surface area (Å²) < 4.78 is 67.7. The Morgan fingerprint density at radius 2 is 0.593 bits per heavy atom. The van der Waals surface area contributed by atoms with Crippen molar-refractivity contribution in [2.75, 3.05) is 39.6 Å². The van der Waals surface area contributed by atoms with Crippen LogP contribution >= 0.6 is 15.6 Å². The Kier molecular flexibility index (Phi) is 52.2. The third-order valence-corrected chi connectivity index (χ3v) is 17.1. The summed E-state index contributed by atoms with van der Waals surface area (Å²) in [7, 11) is -9.88. The van der Waals surface area contributed by atoms with E-state index in [9.17, 15) is 43.2 Å². The number of aliphatic hydroxyl groups excluding tert-OH is 1. The van der Waals surface area contributed by atoms with Crippen molar-refractivity contribution < 1.29 is 80.2 Å². The zero-order chi connectivity index (χ0) is 60.3. The summed E-state index contributed by atoms with van der Waals surface area (Å²) in [4.78, 5) is 71.9. The molecule has 0 heterocycles. The van der Waals surface area contributed by atoms with Crippen LogP contribution in [0.4, 0.5) is 0 Å². The SMILES string of the molecule is CCCCCCCC(=O)OC[C@H](COP(=O)(O)OC[C@H](O)COP(=O)(O)OC[C@@H](COC(=O)CCCCCCCCCCC(C)CC)OC(=O)CCCCCCCCCCCCC(C)CC)OC(=O)CCCCCCCCC(C)CC. The Hall–Kier alpha value is -1.94. The van der Waals surface area contributed by atoms with Gasteiger partial charge in [-0.3, -0.25) is 37.3 Å². The molecule has 19 heteroatoms. The highest BCUT2D eigenvalue weighted by atomic mass is 31.2. The lowest BCUT2D eigenvalue weighted by molar-refractivity contribution is -0.161. The van der Waals surface area contributed by atoms with E-state index >= 15 is 0 Å². The van der Waals surface area contributed by atoms with Crippen molar-refractivity contribution in [3.8, 4) is 0 Å². The number of unbranched alkanes of at least 4 members (excludes halogenated alkanes) is 25. The Labute approximate surface area is 492 Å². The molecule has 8 atom stereocenters. The van der Waals surface area contributed by atoms with Crippen LogP contribution in [0.15, 0.2) is 0 Å². The van der Waals surface area contributed by atoms with Crippen LogP contribution in [0.1, 0.15) is 299 Å². The van der Waals surface area contributed by atoms with Gasteiger partial charge in [0, 0.05) is 25.7 Å². The van der Waals surface area contributed by atoms with Gasteiger partial charge in [0.1, 0.15) is 19.3 Å². The van der Waals surface area contributed by atoms with Gasteiger partial charge in [0.05, 0.1) is 26.4 Å². The second-order valence-electron chi connectivity index (χ2n) is 23.2. The van der Waals surface area contributed by atoms with Crippen LogP contribution in [0.2, 0.25) is 0 Å². The molecule has 0 aromatic carbocycles. The number of esters is 4. The fourth-order valence-corrected chi connectivity index (χ4v) is 10.6. The van der Waals surface area contributed by atoms with Gasteiger partial charge >= 0.3 is 39.5 Å². The summed E-state index contributed by atoms with van der Waals surface area (Å²) >= 11 is 0. The summed E-state index contributed by atoms with van der Waals surface area (Å²) in [6.45, 7) is 11.7. The summed E-state index contributed by atoms with van der Waals surface area (Å²) in [5.74, 6) is 0.150. The first-order valence-corrected chi connectivity index (χ1v) is 35.5. The van der Waals surface area contributed by atoms with Crippen LogP contribution in [-0.2, 0) is 65.4 Å². The van der Waals surface area contributed by atoms with Crippen LogP contribution in [0, 0.1) is 17.8 Å². The summed E-state index contributed by atoms with van der Waals surface area (Å²) in [6.07, 6.45) is 33.7. The quantitative estimate of drug-likeness (QED) is 0.0222. The number of carbonyl (C=O) groups excluding carboxylic acids is 4. The second-order valence-corrected chi connectivity index (χ2v) is 26.1.